The molecule has 1 amide bonds. The highest BCUT2D eigenvalue weighted by Crippen LogP contribution is 2.33. The number of nitrogens with one attached hydrogen (secondary N) is 2. The number of phenolic OH excluding ortho intramolecular Hbond substituents is 1. The van der Waals surface area contributed by atoms with Crippen LogP contribution >= 0.6 is 0 Å². The fourth-order valence-electron chi connectivity index (χ4n) is 3.41. The van der Waals surface area contributed by atoms with E-state index in [4.69, 9.17) is 10.5 Å². The molecule has 0 atom stereocenters. The number of H-pyrrole nitrogens is 1. The van der Waals surface area contributed by atoms with Gasteiger partial charge in [-0.15, -0.1) is 0 Å². The van der Waals surface area contributed by atoms with Gasteiger partial charge in [-0.2, -0.15) is 5.10 Å². The van der Waals surface area contributed by atoms with E-state index in [-0.39, 0.29) is 35.2 Å². The zero-order chi connectivity index (χ0) is 23.9. The maximum atomic E-state index is 13.2. The van der Waals surface area contributed by atoms with Crippen molar-refractivity contribution in [1.82, 2.24) is 10.2 Å². The number of fused-ring (bicyclic) bond motifs is 1. The smallest absolute Gasteiger partial charge is 0.419 e. The molecule has 3 aromatic carbocycles. The lowest BCUT2D eigenvalue weighted by Crippen LogP contribution is -2.44. The van der Waals surface area contributed by atoms with Crippen LogP contribution in [0.4, 0.5) is 27.7 Å². The maximum absolute atomic E-state index is 13.2. The summed E-state index contributed by atoms with van der Waals surface area (Å²) < 4.78 is 5.52. The number of hydrogen-bond donors (Lipinski definition) is 4. The van der Waals surface area contributed by atoms with E-state index in [1.165, 1.54) is 12.1 Å². The first-order valence-electron chi connectivity index (χ1n) is 10.2. The Balaban J connectivity index is 1.76. The normalized spacial score (nSPS) is 11.6. The van der Waals surface area contributed by atoms with Crippen LogP contribution in [0.2, 0.25) is 0 Å². The molecule has 0 radical (unpaired) electrons. The third-order valence-electron chi connectivity index (χ3n) is 4.90. The van der Waals surface area contributed by atoms with Crippen LogP contribution in [0, 0.1) is 0 Å². The second-order valence-electron chi connectivity index (χ2n) is 8.56. The Labute approximate surface area is 188 Å². The number of rotatable bonds is 5. The molecule has 0 aliphatic carbocycles. The third-order valence-corrected chi connectivity index (χ3v) is 4.90. The number of anilines is 4. The van der Waals surface area contributed by atoms with E-state index in [9.17, 15) is 19.5 Å². The van der Waals surface area contributed by atoms with Crippen molar-refractivity contribution < 1.29 is 14.6 Å². The molecule has 0 bridgehead atoms. The standard InChI is InChI=1S/C23H23N5O5/c1-23(2,3)33-22(32)28(13-7-8-16-15(10-13)21(24)27-26-16)18-17(19(30)20(18)31)25-11-12-5-4-6-14(29)9-12/h4-10,25,29H,11H2,1-3H3,(H3,24,26,27). The summed E-state index contributed by atoms with van der Waals surface area (Å²) in [5.41, 5.74) is 4.96. The summed E-state index contributed by atoms with van der Waals surface area (Å²) in [5, 5.41) is 19.8. The molecule has 170 valence electrons. The van der Waals surface area contributed by atoms with E-state index in [0.29, 0.717) is 16.5 Å². The monoisotopic (exact) mass is 449 g/mol. The summed E-state index contributed by atoms with van der Waals surface area (Å²) in [7, 11) is 0. The molecular formula is C23H23N5O5. The summed E-state index contributed by atoms with van der Waals surface area (Å²) in [6.07, 6.45) is -0.823. The molecule has 0 saturated heterocycles. The van der Waals surface area contributed by atoms with E-state index < -0.39 is 22.6 Å². The average molecular weight is 449 g/mol. The van der Waals surface area contributed by atoms with Crippen LogP contribution in [-0.4, -0.2) is 27.0 Å². The van der Waals surface area contributed by atoms with Crippen molar-refractivity contribution in [3.8, 4) is 5.75 Å². The summed E-state index contributed by atoms with van der Waals surface area (Å²) in [6.45, 7) is 5.25. The second-order valence-corrected chi connectivity index (χ2v) is 8.56. The molecule has 33 heavy (non-hydrogen) atoms. The second kappa shape index (κ2) is 7.97. The Morgan fingerprint density at radius 1 is 1.18 bits per heavy atom. The lowest BCUT2D eigenvalue weighted by molar-refractivity contribution is 0.0598. The van der Waals surface area contributed by atoms with Gasteiger partial charge in [0.1, 0.15) is 22.7 Å². The number of phenols is 1. The van der Waals surface area contributed by atoms with Crippen molar-refractivity contribution in [3.63, 3.8) is 0 Å². The number of nitrogens with two attached hydrogens (primary N) is 1. The van der Waals surface area contributed by atoms with Gasteiger partial charge in [0.05, 0.1) is 11.2 Å². The van der Waals surface area contributed by atoms with Crippen LogP contribution in [0.5, 0.6) is 5.75 Å². The highest BCUT2D eigenvalue weighted by atomic mass is 16.6. The van der Waals surface area contributed by atoms with E-state index >= 15 is 0 Å². The number of ether oxygens (including phenoxy) is 1. The third kappa shape index (κ3) is 4.22. The topological polar surface area (TPSA) is 151 Å². The van der Waals surface area contributed by atoms with Crippen LogP contribution in [0.15, 0.2) is 52.1 Å². The first-order valence-corrected chi connectivity index (χ1v) is 10.2. The van der Waals surface area contributed by atoms with E-state index in [1.807, 2.05) is 0 Å². The fourth-order valence-corrected chi connectivity index (χ4v) is 3.41. The molecule has 5 N–H and O–H groups in total. The minimum Gasteiger partial charge on any atom is -0.508 e. The lowest BCUT2D eigenvalue weighted by Gasteiger charge is -2.29. The van der Waals surface area contributed by atoms with Gasteiger partial charge in [0.2, 0.25) is 0 Å². The van der Waals surface area contributed by atoms with Crippen molar-refractivity contribution in [1.29, 1.82) is 0 Å². The van der Waals surface area contributed by atoms with Crippen molar-refractivity contribution in [2.75, 3.05) is 16.0 Å². The van der Waals surface area contributed by atoms with Crippen LogP contribution < -0.4 is 26.8 Å². The highest BCUT2D eigenvalue weighted by molar-refractivity contribution is 6.03. The number of nitrogens with zero attached hydrogens (tertiary/aromatic N) is 2. The number of nitrogen functional groups attached to an aromatic ring is 1. The van der Waals surface area contributed by atoms with Crippen LogP contribution in [0.3, 0.4) is 0 Å². The molecule has 0 aliphatic heterocycles. The molecule has 10 heteroatoms. The Hall–Kier alpha value is -4.34. The summed E-state index contributed by atoms with van der Waals surface area (Å²) in [4.78, 5) is 39.2. The zero-order valence-electron chi connectivity index (χ0n) is 18.3. The van der Waals surface area contributed by atoms with E-state index in [2.05, 4.69) is 15.5 Å². The van der Waals surface area contributed by atoms with Gasteiger partial charge in [0.15, 0.2) is 5.82 Å². The van der Waals surface area contributed by atoms with Crippen molar-refractivity contribution >= 4 is 39.9 Å². The highest BCUT2D eigenvalue weighted by Gasteiger charge is 2.34. The van der Waals surface area contributed by atoms with Crippen molar-refractivity contribution in [2.24, 2.45) is 0 Å². The molecule has 1 aromatic heterocycles. The molecule has 4 rings (SSSR count). The van der Waals surface area contributed by atoms with Gasteiger partial charge in [-0.3, -0.25) is 14.7 Å². The summed E-state index contributed by atoms with van der Waals surface area (Å²) in [5.74, 6) is 0.295. The number of carbonyl (C=O) groups excluding carboxylic acids is 1. The number of aromatic amines is 1. The predicted octanol–water partition coefficient (Wildman–Crippen LogP) is 3.13. The maximum Gasteiger partial charge on any atom is 0.419 e. The van der Waals surface area contributed by atoms with Gasteiger partial charge < -0.3 is 20.9 Å². The van der Waals surface area contributed by atoms with Gasteiger partial charge in [0, 0.05) is 11.9 Å². The Bertz CT molecular complexity index is 1430. The predicted molar refractivity (Wildman–Crippen MR) is 126 cm³/mol. The van der Waals surface area contributed by atoms with Crippen LogP contribution in [-0.2, 0) is 11.3 Å². The molecule has 0 aliphatic rings. The molecule has 1 heterocycles. The minimum atomic E-state index is -0.847. The molecule has 10 nitrogen and oxygen atoms in total. The number of aromatic hydroxyl groups is 1. The number of carbonyl (C=O) groups is 1. The molecule has 0 fully saturated rings. The molecular weight excluding hydrogens is 426 g/mol. The number of hydrogen-bond acceptors (Lipinski definition) is 8. The Morgan fingerprint density at radius 3 is 2.64 bits per heavy atom. The first kappa shape index (κ1) is 21.9. The van der Waals surface area contributed by atoms with Crippen molar-refractivity contribution in [3.05, 3.63) is 68.5 Å². The van der Waals surface area contributed by atoms with Gasteiger partial charge in [0.25, 0.3) is 10.9 Å². The lowest BCUT2D eigenvalue weighted by atomic mass is 10.1. The van der Waals surface area contributed by atoms with Crippen LogP contribution in [0.1, 0.15) is 26.3 Å². The van der Waals surface area contributed by atoms with E-state index in [1.54, 1.807) is 51.1 Å². The van der Waals surface area contributed by atoms with E-state index in [0.717, 1.165) is 4.90 Å². The quantitative estimate of drug-likeness (QED) is 0.339. The number of amides is 1. The Kier molecular flexibility index (Phi) is 5.28. The van der Waals surface area contributed by atoms with Gasteiger partial charge in [-0.25, -0.2) is 9.69 Å². The van der Waals surface area contributed by atoms with Gasteiger partial charge in [-0.05, 0) is 56.7 Å². The molecule has 4 aromatic rings. The first-order chi connectivity index (χ1) is 15.5. The van der Waals surface area contributed by atoms with Gasteiger partial charge in [-0.1, -0.05) is 12.1 Å². The van der Waals surface area contributed by atoms with Gasteiger partial charge >= 0.3 is 6.09 Å². The molecule has 0 saturated carbocycles. The SMILES string of the molecule is CC(C)(C)OC(=O)N(c1ccc2[nH]nc(N)c2c1)c1c(NCc2cccc(O)c2)c(=O)c1=O. The summed E-state index contributed by atoms with van der Waals surface area (Å²) in [6, 6.07) is 11.3. The zero-order valence-corrected chi connectivity index (χ0v) is 18.3. The number of benzene rings is 2. The Morgan fingerprint density at radius 2 is 1.94 bits per heavy atom. The largest absolute Gasteiger partial charge is 0.508 e. The summed E-state index contributed by atoms with van der Waals surface area (Å²) >= 11 is 0. The molecule has 0 spiro atoms. The number of aromatic nitrogens is 2. The fraction of sp³-hybridized carbons (Fsp3) is 0.217. The van der Waals surface area contributed by atoms with Crippen molar-refractivity contribution in [2.45, 2.75) is 32.9 Å². The molecule has 0 unspecified atom stereocenters. The minimum absolute atomic E-state index is 0.0190. The van der Waals surface area contributed by atoms with Crippen LogP contribution in [0.25, 0.3) is 10.9 Å². The average Bonchev–Trinajstić information content (AvgIpc) is 3.11.